The molecule has 0 aliphatic carbocycles. The number of rotatable bonds is 3. The summed E-state index contributed by atoms with van der Waals surface area (Å²) >= 11 is 12.5. The van der Waals surface area contributed by atoms with Gasteiger partial charge in [0.2, 0.25) is 0 Å². The van der Waals surface area contributed by atoms with Crippen molar-refractivity contribution in [3.63, 3.8) is 0 Å². The molecule has 1 heterocycles. The number of ether oxygens (including phenoxy) is 1. The highest BCUT2D eigenvalue weighted by Crippen LogP contribution is 2.37. The molecule has 0 atom stereocenters. The first-order valence-corrected chi connectivity index (χ1v) is 7.72. The van der Waals surface area contributed by atoms with Gasteiger partial charge in [-0.15, -0.1) is 0 Å². The van der Waals surface area contributed by atoms with E-state index in [1.807, 2.05) is 37.3 Å². The summed E-state index contributed by atoms with van der Waals surface area (Å²) in [6.07, 6.45) is 0. The Labute approximate surface area is 144 Å². The first kappa shape index (κ1) is 15.6. The molecule has 0 spiro atoms. The van der Waals surface area contributed by atoms with Crippen LogP contribution in [0, 0.1) is 18.3 Å². The highest BCUT2D eigenvalue weighted by atomic mass is 35.5. The molecule has 0 unspecified atom stereocenters. The molecule has 0 bridgehead atoms. The second kappa shape index (κ2) is 6.45. The summed E-state index contributed by atoms with van der Waals surface area (Å²) < 4.78 is 5.88. The van der Waals surface area contributed by atoms with E-state index in [2.05, 4.69) is 11.1 Å². The lowest BCUT2D eigenvalue weighted by Gasteiger charge is -2.13. The van der Waals surface area contributed by atoms with Gasteiger partial charge in [0.15, 0.2) is 5.75 Å². The molecule has 5 heteroatoms. The van der Waals surface area contributed by atoms with Gasteiger partial charge in [0.1, 0.15) is 12.1 Å². The van der Waals surface area contributed by atoms with Gasteiger partial charge >= 0.3 is 0 Å². The van der Waals surface area contributed by atoms with Gasteiger partial charge in [-0.2, -0.15) is 5.26 Å². The minimum Gasteiger partial charge on any atom is -0.485 e. The molecule has 0 aliphatic heterocycles. The molecule has 2 aromatic carbocycles. The van der Waals surface area contributed by atoms with Crippen LogP contribution in [-0.2, 0) is 6.61 Å². The van der Waals surface area contributed by atoms with Crippen LogP contribution in [0.15, 0.2) is 42.5 Å². The SMILES string of the molecule is Cc1ccc2c(Cl)cc(Cl)c(OCc3ccccc3C#N)c2n1. The monoisotopic (exact) mass is 342 g/mol. The van der Waals surface area contributed by atoms with Crippen LogP contribution >= 0.6 is 23.2 Å². The van der Waals surface area contributed by atoms with Crippen LogP contribution in [0.3, 0.4) is 0 Å². The molecule has 0 N–H and O–H groups in total. The molecular weight excluding hydrogens is 331 g/mol. The first-order chi connectivity index (χ1) is 11.1. The van der Waals surface area contributed by atoms with Crippen LogP contribution in [0.1, 0.15) is 16.8 Å². The molecular formula is C18H12Cl2N2O. The average Bonchev–Trinajstić information content (AvgIpc) is 2.54. The van der Waals surface area contributed by atoms with Crippen molar-refractivity contribution in [2.75, 3.05) is 0 Å². The summed E-state index contributed by atoms with van der Waals surface area (Å²) in [4.78, 5) is 4.49. The Hall–Kier alpha value is -2.28. The topological polar surface area (TPSA) is 45.9 Å². The lowest BCUT2D eigenvalue weighted by molar-refractivity contribution is 0.309. The fourth-order valence-corrected chi connectivity index (χ4v) is 2.90. The lowest BCUT2D eigenvalue weighted by Crippen LogP contribution is -2.00. The summed E-state index contributed by atoms with van der Waals surface area (Å²) in [5, 5.41) is 10.9. The van der Waals surface area contributed by atoms with E-state index in [0.29, 0.717) is 26.9 Å². The van der Waals surface area contributed by atoms with E-state index in [0.717, 1.165) is 16.6 Å². The maximum Gasteiger partial charge on any atom is 0.164 e. The van der Waals surface area contributed by atoms with Crippen molar-refractivity contribution in [2.24, 2.45) is 0 Å². The van der Waals surface area contributed by atoms with E-state index in [9.17, 15) is 0 Å². The quantitative estimate of drug-likeness (QED) is 0.648. The largest absolute Gasteiger partial charge is 0.485 e. The molecule has 0 saturated carbocycles. The Bertz CT molecular complexity index is 932. The van der Waals surface area contributed by atoms with Gasteiger partial charge in [-0.3, -0.25) is 0 Å². The Balaban J connectivity index is 2.03. The van der Waals surface area contributed by atoms with E-state index < -0.39 is 0 Å². The van der Waals surface area contributed by atoms with Crippen molar-refractivity contribution < 1.29 is 4.74 Å². The molecule has 0 amide bonds. The summed E-state index contributed by atoms with van der Waals surface area (Å²) in [6, 6.07) is 14.9. The molecule has 3 rings (SSSR count). The molecule has 0 fully saturated rings. The van der Waals surface area contributed by atoms with Crippen molar-refractivity contribution in [1.82, 2.24) is 4.98 Å². The summed E-state index contributed by atoms with van der Waals surface area (Å²) in [6.45, 7) is 2.12. The minimum absolute atomic E-state index is 0.232. The normalized spacial score (nSPS) is 10.5. The van der Waals surface area contributed by atoms with E-state index in [-0.39, 0.29) is 6.61 Å². The molecule has 0 saturated heterocycles. The summed E-state index contributed by atoms with van der Waals surface area (Å²) in [7, 11) is 0. The number of hydrogen-bond donors (Lipinski definition) is 0. The molecule has 0 radical (unpaired) electrons. The van der Waals surface area contributed by atoms with Crippen LogP contribution < -0.4 is 4.74 Å². The second-order valence-electron chi connectivity index (χ2n) is 5.08. The number of benzene rings is 2. The lowest BCUT2D eigenvalue weighted by atomic mass is 10.1. The van der Waals surface area contributed by atoms with Gasteiger partial charge in [-0.1, -0.05) is 41.4 Å². The van der Waals surface area contributed by atoms with Crippen LogP contribution in [0.25, 0.3) is 10.9 Å². The number of pyridine rings is 1. The standard InChI is InChI=1S/C18H12Cl2N2O/c1-11-6-7-14-15(19)8-16(20)18(17(14)22-11)23-10-13-5-3-2-4-12(13)9-21/h2-8H,10H2,1H3. The van der Waals surface area contributed by atoms with Crippen molar-refractivity contribution in [2.45, 2.75) is 13.5 Å². The Morgan fingerprint density at radius 2 is 1.91 bits per heavy atom. The molecule has 0 aliphatic rings. The highest BCUT2D eigenvalue weighted by molar-refractivity contribution is 6.39. The van der Waals surface area contributed by atoms with Crippen LogP contribution in [0.2, 0.25) is 10.0 Å². The molecule has 3 aromatic rings. The second-order valence-corrected chi connectivity index (χ2v) is 5.89. The van der Waals surface area contributed by atoms with Gasteiger partial charge in [0.05, 0.1) is 21.7 Å². The minimum atomic E-state index is 0.232. The third-order valence-electron chi connectivity index (χ3n) is 3.49. The third kappa shape index (κ3) is 3.10. The molecule has 114 valence electrons. The number of nitriles is 1. The van der Waals surface area contributed by atoms with Crippen LogP contribution in [-0.4, -0.2) is 4.98 Å². The molecule has 3 nitrogen and oxygen atoms in total. The molecule has 23 heavy (non-hydrogen) atoms. The van der Waals surface area contributed by atoms with Gasteiger partial charge < -0.3 is 4.74 Å². The Kier molecular flexibility index (Phi) is 4.38. The van der Waals surface area contributed by atoms with Crippen LogP contribution in [0.5, 0.6) is 5.75 Å². The highest BCUT2D eigenvalue weighted by Gasteiger charge is 2.14. The predicted octanol–water partition coefficient (Wildman–Crippen LogP) is 5.30. The maximum atomic E-state index is 9.15. The number of hydrogen-bond acceptors (Lipinski definition) is 3. The van der Waals surface area contributed by atoms with E-state index in [4.69, 9.17) is 33.2 Å². The van der Waals surface area contributed by atoms with E-state index in [1.165, 1.54) is 0 Å². The van der Waals surface area contributed by atoms with E-state index >= 15 is 0 Å². The van der Waals surface area contributed by atoms with Gasteiger partial charge in [-0.05, 0) is 31.2 Å². The number of nitrogens with zero attached hydrogens (tertiary/aromatic N) is 2. The maximum absolute atomic E-state index is 9.15. The zero-order chi connectivity index (χ0) is 16.4. The zero-order valence-corrected chi connectivity index (χ0v) is 13.8. The van der Waals surface area contributed by atoms with E-state index in [1.54, 1.807) is 12.1 Å². The third-order valence-corrected chi connectivity index (χ3v) is 4.08. The summed E-state index contributed by atoms with van der Waals surface area (Å²) in [5.41, 5.74) is 2.84. The number of aryl methyl sites for hydroxylation is 1. The predicted molar refractivity (Wildman–Crippen MR) is 92.0 cm³/mol. The Morgan fingerprint density at radius 3 is 2.70 bits per heavy atom. The van der Waals surface area contributed by atoms with Crippen molar-refractivity contribution >= 4 is 34.1 Å². The van der Waals surface area contributed by atoms with Gasteiger partial charge in [-0.25, -0.2) is 4.98 Å². The first-order valence-electron chi connectivity index (χ1n) is 6.96. The zero-order valence-electron chi connectivity index (χ0n) is 12.3. The summed E-state index contributed by atoms with van der Waals surface area (Å²) in [5.74, 6) is 0.475. The van der Waals surface area contributed by atoms with Gasteiger partial charge in [0.25, 0.3) is 0 Å². The smallest absolute Gasteiger partial charge is 0.164 e. The van der Waals surface area contributed by atoms with Crippen molar-refractivity contribution in [3.05, 3.63) is 69.3 Å². The van der Waals surface area contributed by atoms with Crippen molar-refractivity contribution in [1.29, 1.82) is 5.26 Å². The van der Waals surface area contributed by atoms with Crippen molar-refractivity contribution in [3.8, 4) is 11.8 Å². The Morgan fingerprint density at radius 1 is 1.13 bits per heavy atom. The van der Waals surface area contributed by atoms with Crippen LogP contribution in [0.4, 0.5) is 0 Å². The number of aromatic nitrogens is 1. The number of halogens is 2. The average molecular weight is 343 g/mol. The fourth-order valence-electron chi connectivity index (χ4n) is 2.33. The fraction of sp³-hybridized carbons (Fsp3) is 0.111. The number of fused-ring (bicyclic) bond motifs is 1. The molecule has 1 aromatic heterocycles. The van der Waals surface area contributed by atoms with Gasteiger partial charge in [0, 0.05) is 16.6 Å².